The molecule has 3 nitrogen and oxygen atoms in total. The SMILES string of the molecule is COC(=O)c1ccc(CSc2cccc(OC)c2)cc1. The smallest absolute Gasteiger partial charge is 0.337 e. The first-order valence-corrected chi connectivity index (χ1v) is 7.15. The first-order valence-electron chi connectivity index (χ1n) is 6.17. The second kappa shape index (κ2) is 7.01. The number of methoxy groups -OCH3 is 2. The van der Waals surface area contributed by atoms with Gasteiger partial charge in [-0.05, 0) is 35.9 Å². The van der Waals surface area contributed by atoms with Gasteiger partial charge in [-0.2, -0.15) is 0 Å². The van der Waals surface area contributed by atoms with Crippen LogP contribution in [0.1, 0.15) is 15.9 Å². The summed E-state index contributed by atoms with van der Waals surface area (Å²) < 4.78 is 9.87. The molecule has 0 heterocycles. The second-order valence-electron chi connectivity index (χ2n) is 4.16. The summed E-state index contributed by atoms with van der Waals surface area (Å²) in [5.41, 5.74) is 1.73. The van der Waals surface area contributed by atoms with Gasteiger partial charge in [-0.15, -0.1) is 11.8 Å². The molecule has 0 unspecified atom stereocenters. The van der Waals surface area contributed by atoms with Crippen molar-refractivity contribution in [3.05, 3.63) is 59.7 Å². The van der Waals surface area contributed by atoms with Gasteiger partial charge in [0.2, 0.25) is 0 Å². The summed E-state index contributed by atoms with van der Waals surface area (Å²) >= 11 is 1.73. The van der Waals surface area contributed by atoms with Crippen LogP contribution in [0.3, 0.4) is 0 Å². The van der Waals surface area contributed by atoms with Crippen molar-refractivity contribution in [1.29, 1.82) is 0 Å². The third-order valence-corrected chi connectivity index (χ3v) is 3.89. The lowest BCUT2D eigenvalue weighted by atomic mass is 10.1. The molecule has 104 valence electrons. The van der Waals surface area contributed by atoms with Crippen LogP contribution in [-0.2, 0) is 10.5 Å². The molecule has 2 rings (SSSR count). The highest BCUT2D eigenvalue weighted by Gasteiger charge is 2.04. The molecule has 0 aromatic heterocycles. The van der Waals surface area contributed by atoms with Crippen molar-refractivity contribution in [2.45, 2.75) is 10.6 Å². The molecule has 0 saturated heterocycles. The molecule has 0 amide bonds. The van der Waals surface area contributed by atoms with Crippen molar-refractivity contribution in [1.82, 2.24) is 0 Å². The van der Waals surface area contributed by atoms with Gasteiger partial charge >= 0.3 is 5.97 Å². The van der Waals surface area contributed by atoms with Crippen LogP contribution >= 0.6 is 11.8 Å². The Morgan fingerprint density at radius 1 is 1.10 bits per heavy atom. The van der Waals surface area contributed by atoms with Crippen LogP contribution in [0.5, 0.6) is 5.75 Å². The number of hydrogen-bond acceptors (Lipinski definition) is 4. The summed E-state index contributed by atoms with van der Waals surface area (Å²) in [6.07, 6.45) is 0. The van der Waals surface area contributed by atoms with E-state index >= 15 is 0 Å². The molecule has 0 fully saturated rings. The van der Waals surface area contributed by atoms with Crippen molar-refractivity contribution >= 4 is 17.7 Å². The second-order valence-corrected chi connectivity index (χ2v) is 5.20. The first-order chi connectivity index (χ1) is 9.72. The predicted molar refractivity (Wildman–Crippen MR) is 80.3 cm³/mol. The van der Waals surface area contributed by atoms with Crippen molar-refractivity contribution in [2.24, 2.45) is 0 Å². The molecule has 0 bridgehead atoms. The maximum absolute atomic E-state index is 11.3. The van der Waals surface area contributed by atoms with Gasteiger partial charge in [0.05, 0.1) is 19.8 Å². The number of hydrogen-bond donors (Lipinski definition) is 0. The topological polar surface area (TPSA) is 35.5 Å². The van der Waals surface area contributed by atoms with Crippen molar-refractivity contribution in [3.8, 4) is 5.75 Å². The highest BCUT2D eigenvalue weighted by Crippen LogP contribution is 2.26. The summed E-state index contributed by atoms with van der Waals surface area (Å²) in [6, 6.07) is 15.4. The van der Waals surface area contributed by atoms with E-state index in [4.69, 9.17) is 4.74 Å². The molecule has 0 saturated carbocycles. The molecular weight excluding hydrogens is 272 g/mol. The van der Waals surface area contributed by atoms with Crippen LogP contribution in [0.25, 0.3) is 0 Å². The molecule has 0 aliphatic rings. The molecule has 0 aliphatic carbocycles. The molecule has 0 aliphatic heterocycles. The van der Waals surface area contributed by atoms with E-state index in [1.54, 1.807) is 31.0 Å². The van der Waals surface area contributed by atoms with Gasteiger partial charge in [-0.3, -0.25) is 0 Å². The molecule has 2 aromatic carbocycles. The minimum atomic E-state index is -0.308. The van der Waals surface area contributed by atoms with Crippen LogP contribution in [0.2, 0.25) is 0 Å². The van der Waals surface area contributed by atoms with Gasteiger partial charge in [0, 0.05) is 10.6 Å². The largest absolute Gasteiger partial charge is 0.497 e. The molecule has 0 atom stereocenters. The molecule has 2 aromatic rings. The lowest BCUT2D eigenvalue weighted by Gasteiger charge is -2.05. The van der Waals surface area contributed by atoms with Gasteiger partial charge in [-0.1, -0.05) is 18.2 Å². The molecule has 20 heavy (non-hydrogen) atoms. The van der Waals surface area contributed by atoms with Gasteiger partial charge < -0.3 is 9.47 Å². The number of esters is 1. The molecular formula is C16H16O3S. The zero-order chi connectivity index (χ0) is 14.4. The number of carbonyl (C=O) groups excluding carboxylic acids is 1. The number of rotatable bonds is 5. The number of carbonyl (C=O) groups is 1. The zero-order valence-electron chi connectivity index (χ0n) is 11.5. The van der Waals surface area contributed by atoms with Crippen molar-refractivity contribution in [3.63, 3.8) is 0 Å². The molecule has 0 spiro atoms. The maximum atomic E-state index is 11.3. The third kappa shape index (κ3) is 3.78. The zero-order valence-corrected chi connectivity index (χ0v) is 12.3. The van der Waals surface area contributed by atoms with Crippen LogP contribution in [0.15, 0.2) is 53.4 Å². The van der Waals surface area contributed by atoms with Gasteiger partial charge in [0.15, 0.2) is 0 Å². The number of ether oxygens (including phenoxy) is 2. The Labute approximate surface area is 122 Å². The fraction of sp³-hybridized carbons (Fsp3) is 0.188. The van der Waals surface area contributed by atoms with E-state index in [1.165, 1.54) is 7.11 Å². The van der Waals surface area contributed by atoms with Crippen LogP contribution in [-0.4, -0.2) is 20.2 Å². The van der Waals surface area contributed by atoms with Gasteiger partial charge in [0.25, 0.3) is 0 Å². The summed E-state index contributed by atoms with van der Waals surface area (Å²) in [4.78, 5) is 12.5. The lowest BCUT2D eigenvalue weighted by molar-refractivity contribution is 0.0600. The van der Waals surface area contributed by atoms with E-state index in [0.717, 1.165) is 22.0 Å². The van der Waals surface area contributed by atoms with Crippen molar-refractivity contribution < 1.29 is 14.3 Å². The normalized spacial score (nSPS) is 10.1. The van der Waals surface area contributed by atoms with E-state index in [-0.39, 0.29) is 5.97 Å². The summed E-state index contributed by atoms with van der Waals surface area (Å²) in [5, 5.41) is 0. The highest BCUT2D eigenvalue weighted by molar-refractivity contribution is 7.98. The number of thioether (sulfide) groups is 1. The van der Waals surface area contributed by atoms with Crippen LogP contribution in [0.4, 0.5) is 0 Å². The van der Waals surface area contributed by atoms with Crippen molar-refractivity contribution in [2.75, 3.05) is 14.2 Å². The Balaban J connectivity index is 1.98. The average molecular weight is 288 g/mol. The number of benzene rings is 2. The monoisotopic (exact) mass is 288 g/mol. The minimum absolute atomic E-state index is 0.308. The lowest BCUT2D eigenvalue weighted by Crippen LogP contribution is -2.00. The highest BCUT2D eigenvalue weighted by atomic mass is 32.2. The van der Waals surface area contributed by atoms with Crippen LogP contribution < -0.4 is 4.74 Å². The summed E-state index contributed by atoms with van der Waals surface area (Å²) in [5.74, 6) is 1.39. The quantitative estimate of drug-likeness (QED) is 0.619. The standard InChI is InChI=1S/C16H16O3S/c1-18-14-4-3-5-15(10-14)20-11-12-6-8-13(9-7-12)16(17)19-2/h3-10H,11H2,1-2H3. The Morgan fingerprint density at radius 3 is 2.50 bits per heavy atom. The van der Waals surface area contributed by atoms with E-state index < -0.39 is 0 Å². The third-order valence-electron chi connectivity index (χ3n) is 2.82. The molecule has 4 heteroatoms. The Kier molecular flexibility index (Phi) is 5.07. The fourth-order valence-electron chi connectivity index (χ4n) is 1.71. The summed E-state index contributed by atoms with van der Waals surface area (Å²) in [6.45, 7) is 0. The molecule has 0 radical (unpaired) electrons. The fourth-order valence-corrected chi connectivity index (χ4v) is 2.61. The molecule has 0 N–H and O–H groups in total. The van der Waals surface area contributed by atoms with Crippen LogP contribution in [0, 0.1) is 0 Å². The summed E-state index contributed by atoms with van der Waals surface area (Å²) in [7, 11) is 3.05. The Hall–Kier alpha value is -1.94. The van der Waals surface area contributed by atoms with E-state index in [1.807, 2.05) is 30.3 Å². The average Bonchev–Trinajstić information content (AvgIpc) is 2.53. The van der Waals surface area contributed by atoms with Gasteiger partial charge in [-0.25, -0.2) is 4.79 Å². The van der Waals surface area contributed by atoms with E-state index in [2.05, 4.69) is 10.8 Å². The first kappa shape index (κ1) is 14.5. The van der Waals surface area contributed by atoms with E-state index in [0.29, 0.717) is 5.56 Å². The van der Waals surface area contributed by atoms with Gasteiger partial charge in [0.1, 0.15) is 5.75 Å². The Bertz CT molecular complexity index is 579. The minimum Gasteiger partial charge on any atom is -0.497 e. The predicted octanol–water partition coefficient (Wildman–Crippen LogP) is 3.77. The Morgan fingerprint density at radius 2 is 1.85 bits per heavy atom. The maximum Gasteiger partial charge on any atom is 0.337 e. The van der Waals surface area contributed by atoms with E-state index in [9.17, 15) is 4.79 Å².